The van der Waals surface area contributed by atoms with E-state index in [0.717, 1.165) is 50.2 Å². The Hall–Kier alpha value is -1.30. The van der Waals surface area contributed by atoms with E-state index in [9.17, 15) is 9.59 Å². The maximum absolute atomic E-state index is 12.9. The van der Waals surface area contributed by atoms with Gasteiger partial charge in [0.05, 0.1) is 6.54 Å². The number of amides is 2. The SMILES string of the molecule is CCN(CC(=O)O)C1CCN(C(=O)NC(C)C23CC4CC(CC(C4)C2)C3)CC1. The second-order valence-electron chi connectivity index (χ2n) is 10.1. The lowest BCUT2D eigenvalue weighted by atomic mass is 9.48. The van der Waals surface area contributed by atoms with Crippen molar-refractivity contribution in [3.63, 3.8) is 0 Å². The van der Waals surface area contributed by atoms with E-state index in [-0.39, 0.29) is 24.7 Å². The van der Waals surface area contributed by atoms with Crippen LogP contribution in [0.1, 0.15) is 65.2 Å². The third kappa shape index (κ3) is 3.89. The molecule has 4 aliphatic carbocycles. The zero-order valence-corrected chi connectivity index (χ0v) is 17.5. The second kappa shape index (κ2) is 7.85. The van der Waals surface area contributed by atoms with Crippen LogP contribution in [0.2, 0.25) is 0 Å². The first-order valence-corrected chi connectivity index (χ1v) is 11.4. The molecule has 28 heavy (non-hydrogen) atoms. The number of piperidine rings is 1. The number of hydrogen-bond donors (Lipinski definition) is 2. The minimum Gasteiger partial charge on any atom is -0.480 e. The van der Waals surface area contributed by atoms with Crippen molar-refractivity contribution in [1.29, 1.82) is 0 Å². The Bertz CT molecular complexity index is 565. The van der Waals surface area contributed by atoms with Gasteiger partial charge in [-0.15, -0.1) is 0 Å². The van der Waals surface area contributed by atoms with Gasteiger partial charge in [0.15, 0.2) is 0 Å². The molecule has 6 heteroatoms. The molecule has 0 aromatic carbocycles. The van der Waals surface area contributed by atoms with Crippen LogP contribution in [0.3, 0.4) is 0 Å². The topological polar surface area (TPSA) is 72.9 Å². The molecule has 5 aliphatic rings. The third-order valence-electron chi connectivity index (χ3n) is 8.36. The summed E-state index contributed by atoms with van der Waals surface area (Å²) in [4.78, 5) is 28.0. The zero-order chi connectivity index (χ0) is 19.9. The van der Waals surface area contributed by atoms with E-state index in [1.165, 1.54) is 38.5 Å². The third-order valence-corrected chi connectivity index (χ3v) is 8.36. The van der Waals surface area contributed by atoms with Gasteiger partial charge in [0.2, 0.25) is 0 Å². The van der Waals surface area contributed by atoms with Crippen LogP contribution in [0.15, 0.2) is 0 Å². The van der Waals surface area contributed by atoms with Gasteiger partial charge < -0.3 is 15.3 Å². The predicted molar refractivity (Wildman–Crippen MR) is 108 cm³/mol. The molecule has 158 valence electrons. The Balaban J connectivity index is 1.29. The summed E-state index contributed by atoms with van der Waals surface area (Å²) >= 11 is 0. The van der Waals surface area contributed by atoms with Crippen LogP contribution in [0.4, 0.5) is 4.79 Å². The summed E-state index contributed by atoms with van der Waals surface area (Å²) in [5.41, 5.74) is 0.337. The number of likely N-dealkylation sites (N-methyl/N-ethyl adjacent to an activating group) is 1. The summed E-state index contributed by atoms with van der Waals surface area (Å²) in [6.07, 6.45) is 9.93. The minimum atomic E-state index is -0.772. The number of aliphatic carboxylic acids is 1. The van der Waals surface area contributed by atoms with Gasteiger partial charge in [0.1, 0.15) is 0 Å². The Morgan fingerprint density at radius 3 is 2.11 bits per heavy atom. The maximum atomic E-state index is 12.9. The summed E-state index contributed by atoms with van der Waals surface area (Å²) < 4.78 is 0. The molecule has 5 rings (SSSR count). The lowest BCUT2D eigenvalue weighted by molar-refractivity contribution is -0.139. The summed E-state index contributed by atoms with van der Waals surface area (Å²) in [5.74, 6) is 1.92. The van der Waals surface area contributed by atoms with Gasteiger partial charge >= 0.3 is 12.0 Å². The fourth-order valence-corrected chi connectivity index (χ4v) is 7.24. The average Bonchev–Trinajstić information content (AvgIpc) is 2.65. The van der Waals surface area contributed by atoms with E-state index in [1.807, 2.05) is 16.7 Å². The normalized spacial score (nSPS) is 36.0. The first-order valence-electron chi connectivity index (χ1n) is 11.4. The molecule has 0 radical (unpaired) electrons. The molecule has 5 fully saturated rings. The highest BCUT2D eigenvalue weighted by molar-refractivity contribution is 5.74. The standard InChI is InChI=1S/C22H37N3O3/c1-3-24(14-20(26)27)19-4-6-25(7-5-19)21(28)23-15(2)22-11-16-8-17(12-22)10-18(9-16)13-22/h15-19H,3-14H2,1-2H3,(H,23,28)(H,26,27). The number of urea groups is 1. The molecule has 1 saturated heterocycles. The molecule has 0 aromatic rings. The molecule has 2 N–H and O–H groups in total. The molecule has 1 heterocycles. The van der Waals surface area contributed by atoms with Crippen molar-refractivity contribution < 1.29 is 14.7 Å². The first kappa shape index (κ1) is 20.0. The van der Waals surface area contributed by atoms with Crippen LogP contribution in [-0.2, 0) is 4.79 Å². The molecule has 4 bridgehead atoms. The van der Waals surface area contributed by atoms with Crippen molar-refractivity contribution in [2.45, 2.75) is 77.3 Å². The molecular weight excluding hydrogens is 354 g/mol. The lowest BCUT2D eigenvalue weighted by Gasteiger charge is -2.59. The quantitative estimate of drug-likeness (QED) is 0.729. The van der Waals surface area contributed by atoms with E-state index in [2.05, 4.69) is 12.2 Å². The molecular formula is C22H37N3O3. The monoisotopic (exact) mass is 391 g/mol. The Morgan fingerprint density at radius 2 is 1.64 bits per heavy atom. The van der Waals surface area contributed by atoms with E-state index >= 15 is 0 Å². The largest absolute Gasteiger partial charge is 0.480 e. The molecule has 1 unspecified atom stereocenters. The molecule has 1 atom stereocenters. The fraction of sp³-hybridized carbons (Fsp3) is 0.909. The number of carboxylic acid groups (broad SMARTS) is 1. The number of rotatable bonds is 6. The van der Waals surface area contributed by atoms with Gasteiger partial charge in [-0.25, -0.2) is 4.79 Å². The number of carbonyl (C=O) groups excluding carboxylic acids is 1. The van der Waals surface area contributed by atoms with E-state index in [1.54, 1.807) is 0 Å². The fourth-order valence-electron chi connectivity index (χ4n) is 7.24. The molecule has 0 aromatic heterocycles. The molecule has 4 saturated carbocycles. The maximum Gasteiger partial charge on any atom is 0.317 e. The summed E-state index contributed by atoms with van der Waals surface area (Å²) in [6.45, 7) is 6.53. The van der Waals surface area contributed by atoms with Crippen LogP contribution in [0, 0.1) is 23.2 Å². The van der Waals surface area contributed by atoms with Crippen molar-refractivity contribution >= 4 is 12.0 Å². The summed E-state index contributed by atoms with van der Waals surface area (Å²) in [5, 5.41) is 12.5. The van der Waals surface area contributed by atoms with Gasteiger partial charge in [-0.2, -0.15) is 0 Å². The van der Waals surface area contributed by atoms with Crippen LogP contribution in [0.25, 0.3) is 0 Å². The molecule has 2 amide bonds. The van der Waals surface area contributed by atoms with Crippen LogP contribution in [-0.4, -0.2) is 65.2 Å². The molecule has 1 aliphatic heterocycles. The Kier molecular flexibility index (Phi) is 5.60. The number of hydrogen-bond acceptors (Lipinski definition) is 3. The van der Waals surface area contributed by atoms with Gasteiger partial charge in [0.25, 0.3) is 0 Å². The number of nitrogens with one attached hydrogen (secondary N) is 1. The number of nitrogens with zero attached hydrogens (tertiary/aromatic N) is 2. The van der Waals surface area contributed by atoms with E-state index < -0.39 is 5.97 Å². The van der Waals surface area contributed by atoms with Crippen molar-refractivity contribution in [2.75, 3.05) is 26.2 Å². The van der Waals surface area contributed by atoms with E-state index in [0.29, 0.717) is 5.41 Å². The van der Waals surface area contributed by atoms with Crippen molar-refractivity contribution in [3.05, 3.63) is 0 Å². The number of likely N-dealkylation sites (tertiary alicyclic amines) is 1. The Morgan fingerprint density at radius 1 is 1.11 bits per heavy atom. The lowest BCUT2D eigenvalue weighted by Crippen LogP contribution is -2.58. The van der Waals surface area contributed by atoms with Crippen molar-refractivity contribution in [3.8, 4) is 0 Å². The summed E-state index contributed by atoms with van der Waals surface area (Å²) in [7, 11) is 0. The minimum absolute atomic E-state index is 0.0861. The highest BCUT2D eigenvalue weighted by atomic mass is 16.4. The van der Waals surface area contributed by atoms with Gasteiger partial charge in [0, 0.05) is 25.2 Å². The van der Waals surface area contributed by atoms with Crippen LogP contribution >= 0.6 is 0 Å². The number of carboxylic acids is 1. The molecule has 0 spiro atoms. The molecule has 6 nitrogen and oxygen atoms in total. The predicted octanol–water partition coefficient (Wildman–Crippen LogP) is 3.17. The highest BCUT2D eigenvalue weighted by Crippen LogP contribution is 2.61. The van der Waals surface area contributed by atoms with Crippen LogP contribution < -0.4 is 5.32 Å². The van der Waals surface area contributed by atoms with Gasteiger partial charge in [-0.1, -0.05) is 6.92 Å². The van der Waals surface area contributed by atoms with Crippen molar-refractivity contribution in [1.82, 2.24) is 15.1 Å². The van der Waals surface area contributed by atoms with Gasteiger partial charge in [-0.3, -0.25) is 9.69 Å². The van der Waals surface area contributed by atoms with Crippen molar-refractivity contribution in [2.24, 2.45) is 23.2 Å². The average molecular weight is 392 g/mol. The van der Waals surface area contributed by atoms with Gasteiger partial charge in [-0.05, 0) is 88.0 Å². The second-order valence-corrected chi connectivity index (χ2v) is 10.1. The smallest absolute Gasteiger partial charge is 0.317 e. The highest BCUT2D eigenvalue weighted by Gasteiger charge is 2.53. The zero-order valence-electron chi connectivity index (χ0n) is 17.5. The first-order chi connectivity index (χ1) is 13.4. The summed E-state index contributed by atoms with van der Waals surface area (Å²) in [6, 6.07) is 0.610. The van der Waals surface area contributed by atoms with Crippen LogP contribution in [0.5, 0.6) is 0 Å². The van der Waals surface area contributed by atoms with E-state index in [4.69, 9.17) is 5.11 Å². The Labute approximate surface area is 169 Å². The number of carbonyl (C=O) groups is 2.